The lowest BCUT2D eigenvalue weighted by Crippen LogP contribution is -1.95. The molecule has 0 aliphatic heterocycles. The SMILES string of the molecule is N#Cc1cc(Br)c(N)c(C=O)c1. The molecule has 0 amide bonds. The Bertz CT molecular complexity index is 368. The van der Waals surface area contributed by atoms with Gasteiger partial charge in [0.25, 0.3) is 0 Å². The van der Waals surface area contributed by atoms with Crippen LogP contribution in [0.15, 0.2) is 16.6 Å². The number of carbonyl (C=O) groups is 1. The van der Waals surface area contributed by atoms with Gasteiger partial charge < -0.3 is 5.73 Å². The first-order valence-corrected chi connectivity index (χ1v) is 3.92. The number of carbonyl (C=O) groups excluding carboxylic acids is 1. The van der Waals surface area contributed by atoms with Gasteiger partial charge in [-0.25, -0.2) is 0 Å². The Balaban J connectivity index is 3.41. The summed E-state index contributed by atoms with van der Waals surface area (Å²) in [6.07, 6.45) is 0.626. The van der Waals surface area contributed by atoms with Gasteiger partial charge in [0.05, 0.1) is 17.3 Å². The molecule has 4 heteroatoms. The van der Waals surface area contributed by atoms with Crippen LogP contribution in [0.25, 0.3) is 0 Å². The van der Waals surface area contributed by atoms with Gasteiger partial charge in [0, 0.05) is 10.0 Å². The number of hydrogen-bond acceptors (Lipinski definition) is 3. The number of benzene rings is 1. The van der Waals surface area contributed by atoms with E-state index in [1.54, 1.807) is 6.07 Å². The van der Waals surface area contributed by atoms with E-state index in [1.807, 2.05) is 6.07 Å². The van der Waals surface area contributed by atoms with Gasteiger partial charge >= 0.3 is 0 Å². The second-order valence-electron chi connectivity index (χ2n) is 2.19. The van der Waals surface area contributed by atoms with Crippen LogP contribution in [0.4, 0.5) is 5.69 Å². The number of aldehydes is 1. The van der Waals surface area contributed by atoms with Crippen molar-refractivity contribution in [3.63, 3.8) is 0 Å². The first-order valence-electron chi connectivity index (χ1n) is 3.13. The summed E-state index contributed by atoms with van der Waals surface area (Å²) in [4.78, 5) is 10.4. The summed E-state index contributed by atoms with van der Waals surface area (Å²) in [5.41, 5.74) is 6.64. The number of halogens is 1. The van der Waals surface area contributed by atoms with Crippen LogP contribution in [-0.4, -0.2) is 6.29 Å². The number of rotatable bonds is 1. The smallest absolute Gasteiger partial charge is 0.152 e. The highest BCUT2D eigenvalue weighted by molar-refractivity contribution is 9.10. The molecule has 0 aliphatic rings. The van der Waals surface area contributed by atoms with Crippen molar-refractivity contribution in [2.75, 3.05) is 5.73 Å². The summed E-state index contributed by atoms with van der Waals surface area (Å²) in [6, 6.07) is 4.95. The molecule has 12 heavy (non-hydrogen) atoms. The predicted molar refractivity (Wildman–Crippen MR) is 48.7 cm³/mol. The molecule has 0 atom stereocenters. The monoisotopic (exact) mass is 224 g/mol. The van der Waals surface area contributed by atoms with Gasteiger partial charge in [0.15, 0.2) is 6.29 Å². The minimum absolute atomic E-state index is 0.334. The van der Waals surface area contributed by atoms with Crippen LogP contribution < -0.4 is 5.73 Å². The highest BCUT2D eigenvalue weighted by atomic mass is 79.9. The first kappa shape index (κ1) is 8.75. The zero-order valence-corrected chi connectivity index (χ0v) is 7.63. The molecule has 60 valence electrons. The van der Waals surface area contributed by atoms with E-state index in [-0.39, 0.29) is 0 Å². The minimum atomic E-state index is 0.334. The average molecular weight is 225 g/mol. The molecule has 1 aromatic carbocycles. The van der Waals surface area contributed by atoms with E-state index >= 15 is 0 Å². The number of nitriles is 1. The van der Waals surface area contributed by atoms with Crippen molar-refractivity contribution >= 4 is 27.9 Å². The number of anilines is 1. The zero-order valence-electron chi connectivity index (χ0n) is 6.04. The summed E-state index contributed by atoms with van der Waals surface area (Å²) in [5, 5.41) is 8.55. The summed E-state index contributed by atoms with van der Waals surface area (Å²) >= 11 is 3.14. The lowest BCUT2D eigenvalue weighted by atomic mass is 10.1. The van der Waals surface area contributed by atoms with Gasteiger partial charge in [-0.3, -0.25) is 4.79 Å². The van der Waals surface area contributed by atoms with Crippen molar-refractivity contribution in [1.29, 1.82) is 5.26 Å². The lowest BCUT2D eigenvalue weighted by molar-refractivity contribution is 0.112. The molecule has 0 fully saturated rings. The van der Waals surface area contributed by atoms with Crippen molar-refractivity contribution in [3.05, 3.63) is 27.7 Å². The molecule has 2 N–H and O–H groups in total. The number of nitrogen functional groups attached to an aromatic ring is 1. The van der Waals surface area contributed by atoms with E-state index in [9.17, 15) is 4.79 Å². The van der Waals surface area contributed by atoms with Crippen LogP contribution in [0.5, 0.6) is 0 Å². The lowest BCUT2D eigenvalue weighted by Gasteiger charge is -2.01. The largest absolute Gasteiger partial charge is 0.397 e. The molecule has 0 heterocycles. The molecule has 3 nitrogen and oxygen atoms in total. The first-order chi connectivity index (χ1) is 5.69. The Hall–Kier alpha value is -1.34. The molecule has 0 saturated carbocycles. The Morgan fingerprint density at radius 1 is 1.58 bits per heavy atom. The number of hydrogen-bond donors (Lipinski definition) is 1. The summed E-state index contributed by atoms with van der Waals surface area (Å²) in [7, 11) is 0. The third-order valence-corrected chi connectivity index (χ3v) is 2.07. The molecular formula is C8H5BrN2O. The maximum atomic E-state index is 10.4. The highest BCUT2D eigenvalue weighted by Crippen LogP contribution is 2.23. The molecule has 0 spiro atoms. The van der Waals surface area contributed by atoms with Crippen LogP contribution in [-0.2, 0) is 0 Å². The maximum Gasteiger partial charge on any atom is 0.152 e. The zero-order chi connectivity index (χ0) is 9.14. The Morgan fingerprint density at radius 2 is 2.25 bits per heavy atom. The van der Waals surface area contributed by atoms with Crippen molar-refractivity contribution < 1.29 is 4.79 Å². The van der Waals surface area contributed by atoms with E-state index in [2.05, 4.69) is 15.9 Å². The standard InChI is InChI=1S/C8H5BrN2O/c9-7-2-5(3-10)1-6(4-12)8(7)11/h1-2,4H,11H2. The van der Waals surface area contributed by atoms with Crippen molar-refractivity contribution in [2.45, 2.75) is 0 Å². The molecule has 0 aliphatic carbocycles. The molecule has 0 aromatic heterocycles. The van der Waals surface area contributed by atoms with Crippen LogP contribution in [0.3, 0.4) is 0 Å². The van der Waals surface area contributed by atoms with E-state index in [4.69, 9.17) is 11.0 Å². The second kappa shape index (κ2) is 3.37. The molecule has 0 unspecified atom stereocenters. The Morgan fingerprint density at radius 3 is 2.75 bits per heavy atom. The fourth-order valence-electron chi connectivity index (χ4n) is 0.801. The van der Waals surface area contributed by atoms with Gasteiger partial charge in [0.2, 0.25) is 0 Å². The summed E-state index contributed by atoms with van der Waals surface area (Å²) in [6.45, 7) is 0. The predicted octanol–water partition coefficient (Wildman–Crippen LogP) is 1.72. The van der Waals surface area contributed by atoms with Crippen molar-refractivity contribution in [2.24, 2.45) is 0 Å². The van der Waals surface area contributed by atoms with Gasteiger partial charge in [-0.2, -0.15) is 5.26 Å². The molecular weight excluding hydrogens is 220 g/mol. The minimum Gasteiger partial charge on any atom is -0.397 e. The Labute approximate surface area is 77.9 Å². The van der Waals surface area contributed by atoms with Gasteiger partial charge in [0.1, 0.15) is 0 Å². The maximum absolute atomic E-state index is 10.4. The van der Waals surface area contributed by atoms with E-state index in [0.29, 0.717) is 27.6 Å². The fourth-order valence-corrected chi connectivity index (χ4v) is 1.28. The van der Waals surface area contributed by atoms with Crippen LogP contribution in [0.2, 0.25) is 0 Å². The molecule has 1 aromatic rings. The van der Waals surface area contributed by atoms with E-state index < -0.39 is 0 Å². The molecule has 0 radical (unpaired) electrons. The molecule has 1 rings (SSSR count). The van der Waals surface area contributed by atoms with Gasteiger partial charge in [-0.1, -0.05) is 0 Å². The molecule has 0 bridgehead atoms. The van der Waals surface area contributed by atoms with Crippen LogP contribution in [0.1, 0.15) is 15.9 Å². The second-order valence-corrected chi connectivity index (χ2v) is 3.04. The van der Waals surface area contributed by atoms with Gasteiger partial charge in [-0.05, 0) is 28.1 Å². The highest BCUT2D eigenvalue weighted by Gasteiger charge is 2.04. The van der Waals surface area contributed by atoms with E-state index in [0.717, 1.165) is 0 Å². The molecule has 0 saturated heterocycles. The number of nitrogens with zero attached hydrogens (tertiary/aromatic N) is 1. The summed E-state index contributed by atoms with van der Waals surface area (Å²) in [5.74, 6) is 0. The average Bonchev–Trinajstić information content (AvgIpc) is 2.09. The third-order valence-electron chi connectivity index (χ3n) is 1.42. The summed E-state index contributed by atoms with van der Waals surface area (Å²) < 4.78 is 0.573. The van der Waals surface area contributed by atoms with Crippen molar-refractivity contribution in [3.8, 4) is 6.07 Å². The van der Waals surface area contributed by atoms with Crippen LogP contribution >= 0.6 is 15.9 Å². The van der Waals surface area contributed by atoms with Crippen LogP contribution in [0, 0.1) is 11.3 Å². The Kier molecular flexibility index (Phi) is 2.46. The van der Waals surface area contributed by atoms with Crippen molar-refractivity contribution in [1.82, 2.24) is 0 Å². The van der Waals surface area contributed by atoms with Gasteiger partial charge in [-0.15, -0.1) is 0 Å². The van der Waals surface area contributed by atoms with E-state index in [1.165, 1.54) is 6.07 Å². The number of nitrogens with two attached hydrogens (primary N) is 1. The topological polar surface area (TPSA) is 66.9 Å². The normalized spacial score (nSPS) is 9.00. The fraction of sp³-hybridized carbons (Fsp3) is 0. The quantitative estimate of drug-likeness (QED) is 0.584. The third kappa shape index (κ3) is 1.46.